The molecule has 0 aliphatic carbocycles. The smallest absolute Gasteiger partial charge is 0.272 e. The number of hydrogen-bond acceptors (Lipinski definition) is 4. The standard InChI is InChI=1S/C19H24N4O3/c1-13-4-2-6-15-17(13)20-21-18(15)19(25)23-9-7-22(8-10-23)16(24)12-14-5-3-11-26-14/h2,4,6,14H,3,5,7-12H2,1H3,(H,20,21). The molecule has 7 nitrogen and oxygen atoms in total. The minimum absolute atomic E-state index is 0.0516. The highest BCUT2D eigenvalue weighted by Gasteiger charge is 2.28. The molecule has 2 amide bonds. The van der Waals surface area contributed by atoms with E-state index in [2.05, 4.69) is 10.2 Å². The number of benzene rings is 1. The molecule has 0 radical (unpaired) electrons. The van der Waals surface area contributed by atoms with Crippen LogP contribution < -0.4 is 0 Å². The molecule has 1 aromatic heterocycles. The summed E-state index contributed by atoms with van der Waals surface area (Å²) in [6.07, 6.45) is 2.54. The van der Waals surface area contributed by atoms with Crippen molar-refractivity contribution in [2.24, 2.45) is 0 Å². The summed E-state index contributed by atoms with van der Waals surface area (Å²) >= 11 is 0. The number of hydrogen-bond donors (Lipinski definition) is 1. The van der Waals surface area contributed by atoms with Crippen molar-refractivity contribution >= 4 is 22.7 Å². The highest BCUT2D eigenvalue weighted by Crippen LogP contribution is 2.21. The minimum atomic E-state index is -0.0516. The Morgan fingerprint density at radius 2 is 2.00 bits per heavy atom. The van der Waals surface area contributed by atoms with Gasteiger partial charge in [-0.25, -0.2) is 0 Å². The number of fused-ring (bicyclic) bond motifs is 1. The first-order chi connectivity index (χ1) is 12.6. The van der Waals surface area contributed by atoms with Crippen molar-refractivity contribution in [3.63, 3.8) is 0 Å². The van der Waals surface area contributed by atoms with Gasteiger partial charge in [0.25, 0.3) is 5.91 Å². The molecule has 1 unspecified atom stereocenters. The van der Waals surface area contributed by atoms with E-state index >= 15 is 0 Å². The predicted molar refractivity (Wildman–Crippen MR) is 96.9 cm³/mol. The number of H-pyrrole nitrogens is 1. The van der Waals surface area contributed by atoms with Gasteiger partial charge in [0.1, 0.15) is 5.69 Å². The topological polar surface area (TPSA) is 78.5 Å². The van der Waals surface area contributed by atoms with Crippen LogP contribution in [0, 0.1) is 6.92 Å². The second-order valence-electron chi connectivity index (χ2n) is 7.08. The summed E-state index contributed by atoms with van der Waals surface area (Å²) in [6, 6.07) is 5.84. The number of nitrogens with one attached hydrogen (secondary N) is 1. The van der Waals surface area contributed by atoms with Gasteiger partial charge in [0.05, 0.1) is 18.0 Å². The van der Waals surface area contributed by atoms with Gasteiger partial charge in [0.15, 0.2) is 0 Å². The zero-order chi connectivity index (χ0) is 18.1. The third kappa shape index (κ3) is 3.19. The quantitative estimate of drug-likeness (QED) is 0.908. The molecule has 0 spiro atoms. The Labute approximate surface area is 152 Å². The van der Waals surface area contributed by atoms with E-state index in [0.717, 1.165) is 35.9 Å². The van der Waals surface area contributed by atoms with E-state index in [4.69, 9.17) is 4.74 Å². The van der Waals surface area contributed by atoms with Crippen LogP contribution in [0.1, 0.15) is 35.3 Å². The van der Waals surface area contributed by atoms with Crippen molar-refractivity contribution in [2.45, 2.75) is 32.3 Å². The number of piperazine rings is 1. The Kier molecular flexibility index (Phi) is 4.63. The van der Waals surface area contributed by atoms with Crippen LogP contribution in [-0.4, -0.2) is 70.7 Å². The van der Waals surface area contributed by atoms with Gasteiger partial charge in [-0.15, -0.1) is 0 Å². The van der Waals surface area contributed by atoms with Crippen LogP contribution in [-0.2, 0) is 9.53 Å². The van der Waals surface area contributed by atoms with Gasteiger partial charge in [-0.1, -0.05) is 18.2 Å². The number of rotatable bonds is 3. The molecular weight excluding hydrogens is 332 g/mol. The van der Waals surface area contributed by atoms with Gasteiger partial charge >= 0.3 is 0 Å². The van der Waals surface area contributed by atoms with E-state index in [9.17, 15) is 9.59 Å². The molecule has 1 aromatic carbocycles. The number of carbonyl (C=O) groups is 2. The van der Waals surface area contributed by atoms with E-state index in [1.165, 1.54) is 0 Å². The number of aromatic amines is 1. The molecule has 138 valence electrons. The van der Waals surface area contributed by atoms with Crippen molar-refractivity contribution in [3.05, 3.63) is 29.5 Å². The van der Waals surface area contributed by atoms with Crippen LogP contribution >= 0.6 is 0 Å². The Morgan fingerprint density at radius 3 is 2.73 bits per heavy atom. The second-order valence-corrected chi connectivity index (χ2v) is 7.08. The minimum Gasteiger partial charge on any atom is -0.378 e. The predicted octanol–water partition coefficient (Wildman–Crippen LogP) is 1.72. The van der Waals surface area contributed by atoms with E-state index in [1.54, 1.807) is 4.90 Å². The lowest BCUT2D eigenvalue weighted by Gasteiger charge is -2.35. The largest absolute Gasteiger partial charge is 0.378 e. The van der Waals surface area contributed by atoms with Crippen LogP contribution in [0.4, 0.5) is 0 Å². The molecule has 1 N–H and O–H groups in total. The Balaban J connectivity index is 1.38. The molecule has 4 rings (SSSR count). The van der Waals surface area contributed by atoms with E-state index in [0.29, 0.717) is 38.3 Å². The summed E-state index contributed by atoms with van der Waals surface area (Å²) < 4.78 is 5.55. The van der Waals surface area contributed by atoms with Gasteiger partial charge in [0, 0.05) is 38.2 Å². The van der Waals surface area contributed by atoms with Gasteiger partial charge in [-0.2, -0.15) is 5.10 Å². The van der Waals surface area contributed by atoms with Crippen molar-refractivity contribution < 1.29 is 14.3 Å². The van der Waals surface area contributed by atoms with Crippen molar-refractivity contribution in [3.8, 4) is 0 Å². The maximum absolute atomic E-state index is 12.9. The fourth-order valence-electron chi connectivity index (χ4n) is 3.79. The fraction of sp³-hybridized carbons (Fsp3) is 0.526. The first kappa shape index (κ1) is 17.0. The summed E-state index contributed by atoms with van der Waals surface area (Å²) in [5.41, 5.74) is 2.41. The maximum Gasteiger partial charge on any atom is 0.272 e. The molecule has 2 aromatic rings. The zero-order valence-corrected chi connectivity index (χ0v) is 15.0. The van der Waals surface area contributed by atoms with Crippen LogP contribution in [0.5, 0.6) is 0 Å². The zero-order valence-electron chi connectivity index (χ0n) is 15.0. The molecule has 0 bridgehead atoms. The summed E-state index contributed by atoms with van der Waals surface area (Å²) in [5.74, 6) is 0.0796. The lowest BCUT2D eigenvalue weighted by atomic mass is 10.1. The first-order valence-corrected chi connectivity index (χ1v) is 9.26. The lowest BCUT2D eigenvalue weighted by molar-refractivity contribution is -0.134. The molecule has 3 heterocycles. The van der Waals surface area contributed by atoms with Crippen LogP contribution in [0.15, 0.2) is 18.2 Å². The van der Waals surface area contributed by atoms with Crippen LogP contribution in [0.25, 0.3) is 10.9 Å². The number of ether oxygens (including phenoxy) is 1. The lowest BCUT2D eigenvalue weighted by Crippen LogP contribution is -2.51. The molecule has 7 heteroatoms. The Hall–Kier alpha value is -2.41. The van der Waals surface area contributed by atoms with E-state index < -0.39 is 0 Å². The number of aromatic nitrogens is 2. The SMILES string of the molecule is Cc1cccc2c(C(=O)N3CCN(C(=O)CC4CCCO4)CC3)[nH]nc12. The summed E-state index contributed by atoms with van der Waals surface area (Å²) in [4.78, 5) is 28.9. The molecule has 2 fully saturated rings. The Bertz CT molecular complexity index is 817. The van der Waals surface area contributed by atoms with Crippen molar-refractivity contribution in [1.82, 2.24) is 20.0 Å². The van der Waals surface area contributed by atoms with Gasteiger partial charge in [0.2, 0.25) is 5.91 Å². The molecule has 2 aliphatic heterocycles. The van der Waals surface area contributed by atoms with Gasteiger partial charge in [-0.05, 0) is 25.3 Å². The van der Waals surface area contributed by atoms with Crippen molar-refractivity contribution in [2.75, 3.05) is 32.8 Å². The molecular formula is C19H24N4O3. The molecule has 1 atom stereocenters. The van der Waals surface area contributed by atoms with Crippen LogP contribution in [0.3, 0.4) is 0 Å². The maximum atomic E-state index is 12.9. The third-order valence-corrected chi connectivity index (χ3v) is 5.35. The van der Waals surface area contributed by atoms with Crippen molar-refractivity contribution in [1.29, 1.82) is 0 Å². The Morgan fingerprint density at radius 1 is 1.23 bits per heavy atom. The van der Waals surface area contributed by atoms with Crippen LogP contribution in [0.2, 0.25) is 0 Å². The van der Waals surface area contributed by atoms with Gasteiger partial charge < -0.3 is 14.5 Å². The first-order valence-electron chi connectivity index (χ1n) is 9.26. The summed E-state index contributed by atoms with van der Waals surface area (Å²) in [5, 5.41) is 8.03. The monoisotopic (exact) mass is 356 g/mol. The number of aryl methyl sites for hydroxylation is 1. The summed E-state index contributed by atoms with van der Waals surface area (Å²) in [7, 11) is 0. The fourth-order valence-corrected chi connectivity index (χ4v) is 3.79. The normalized spacial score (nSPS) is 20.7. The molecule has 2 aliphatic rings. The number of nitrogens with zero attached hydrogens (tertiary/aromatic N) is 3. The molecule has 2 saturated heterocycles. The van der Waals surface area contributed by atoms with Gasteiger partial charge in [-0.3, -0.25) is 14.7 Å². The molecule has 26 heavy (non-hydrogen) atoms. The average molecular weight is 356 g/mol. The number of para-hydroxylation sites is 1. The average Bonchev–Trinajstić information content (AvgIpc) is 3.31. The third-order valence-electron chi connectivity index (χ3n) is 5.35. The highest BCUT2D eigenvalue weighted by molar-refractivity contribution is 6.05. The molecule has 0 saturated carbocycles. The van der Waals surface area contributed by atoms with E-state index in [-0.39, 0.29) is 17.9 Å². The second kappa shape index (κ2) is 7.07. The number of carbonyl (C=O) groups excluding carboxylic acids is 2. The highest BCUT2D eigenvalue weighted by atomic mass is 16.5. The van der Waals surface area contributed by atoms with E-state index in [1.807, 2.05) is 30.0 Å². The number of amides is 2. The summed E-state index contributed by atoms with van der Waals surface area (Å²) in [6.45, 7) is 4.98.